The zero-order chi connectivity index (χ0) is 30.7. The molecule has 2 bridgehead atoms. The minimum Gasteiger partial charge on any atom is -0.444 e. The number of hydrogen-bond acceptors (Lipinski definition) is 7. The molecule has 2 amide bonds. The van der Waals surface area contributed by atoms with E-state index >= 15 is 0 Å². The molecule has 3 aliphatic heterocycles. The Balaban J connectivity index is 1.45. The molecule has 2 atom stereocenters. The number of anilines is 2. The van der Waals surface area contributed by atoms with E-state index in [9.17, 15) is 27.6 Å². The smallest absolute Gasteiger partial charge is 0.416 e. The Kier molecular flexibility index (Phi) is 7.52. The lowest BCUT2D eigenvalue weighted by molar-refractivity contribution is -0.137. The quantitative estimate of drug-likeness (QED) is 0.435. The van der Waals surface area contributed by atoms with Crippen molar-refractivity contribution in [3.8, 4) is 0 Å². The average Bonchev–Trinajstić information content (AvgIpc) is 3.26. The van der Waals surface area contributed by atoms with Crippen molar-refractivity contribution in [3.63, 3.8) is 0 Å². The van der Waals surface area contributed by atoms with Gasteiger partial charge in [0, 0.05) is 18.8 Å². The Hall–Kier alpha value is -3.62. The van der Waals surface area contributed by atoms with Crippen molar-refractivity contribution >= 4 is 45.1 Å². The number of carbonyl (C=O) groups excluding carboxylic acids is 2. The van der Waals surface area contributed by atoms with Crippen LogP contribution in [0.2, 0.25) is 0 Å². The van der Waals surface area contributed by atoms with E-state index in [2.05, 4.69) is 31.3 Å². The van der Waals surface area contributed by atoms with Gasteiger partial charge in [0.25, 0.3) is 5.56 Å². The number of rotatable bonds is 5. The summed E-state index contributed by atoms with van der Waals surface area (Å²) in [5.41, 5.74) is -0.432. The third kappa shape index (κ3) is 5.57. The molecular weight excluding hydrogens is 623 g/mol. The van der Waals surface area contributed by atoms with E-state index in [4.69, 9.17) is 4.74 Å². The van der Waals surface area contributed by atoms with Gasteiger partial charge in [-0.05, 0) is 80.2 Å². The molecule has 5 heterocycles. The summed E-state index contributed by atoms with van der Waals surface area (Å²) in [6.07, 6.45) is -3.72. The number of hydrogen-bond donors (Lipinski definition) is 1. The molecule has 6 rings (SSSR count). The molecule has 15 heteroatoms. The fourth-order valence-corrected chi connectivity index (χ4v) is 5.94. The zero-order valence-corrected chi connectivity index (χ0v) is 25.3. The summed E-state index contributed by atoms with van der Waals surface area (Å²) in [7, 11) is 0. The Morgan fingerprint density at radius 3 is 2.40 bits per heavy atom. The minimum absolute atomic E-state index is 0.139. The van der Waals surface area contributed by atoms with Gasteiger partial charge in [-0.1, -0.05) is 6.92 Å². The zero-order valence-electron chi connectivity index (χ0n) is 23.8. The van der Waals surface area contributed by atoms with Crippen LogP contribution in [0.1, 0.15) is 50.9 Å². The van der Waals surface area contributed by atoms with Crippen LogP contribution in [0, 0.1) is 6.92 Å². The van der Waals surface area contributed by atoms with Crippen LogP contribution >= 0.6 is 15.9 Å². The van der Waals surface area contributed by atoms with E-state index in [0.717, 1.165) is 23.1 Å². The Morgan fingerprint density at radius 2 is 1.83 bits per heavy atom. The van der Waals surface area contributed by atoms with Gasteiger partial charge in [0.1, 0.15) is 17.8 Å². The number of halogens is 4. The predicted octanol–water partition coefficient (Wildman–Crippen LogP) is 4.38. The number of aromatic nitrogens is 4. The summed E-state index contributed by atoms with van der Waals surface area (Å²) in [4.78, 5) is 47.7. The number of carbonyl (C=O) groups is 2. The summed E-state index contributed by atoms with van der Waals surface area (Å²) < 4.78 is 47.7. The van der Waals surface area contributed by atoms with Crippen molar-refractivity contribution in [3.05, 3.63) is 50.1 Å². The Bertz CT molecular complexity index is 1620. The normalized spacial score (nSPS) is 18.7. The first kappa shape index (κ1) is 29.9. The van der Waals surface area contributed by atoms with Crippen molar-refractivity contribution in [2.75, 3.05) is 23.3 Å². The van der Waals surface area contributed by atoms with E-state index in [-0.39, 0.29) is 46.5 Å². The summed E-state index contributed by atoms with van der Waals surface area (Å²) in [5, 5.41) is 6.87. The van der Waals surface area contributed by atoms with Gasteiger partial charge in [-0.3, -0.25) is 14.5 Å². The first-order valence-electron chi connectivity index (χ1n) is 13.5. The van der Waals surface area contributed by atoms with Crippen molar-refractivity contribution in [1.82, 2.24) is 24.1 Å². The standard InChI is InChI=1S/C27H31BrF3N7O4/c1-6-19-21(35-11-16-10-17(12-35)37(16)25(41)42-26(3,4)5)22(40)38-24(33-23(28)34-38)36(19)13-20(39)32-18-8-7-15(9-14(18)2)27(29,30)31/h7-9,16-17H,6,10-13H2,1-5H3,(H,32,39). The molecule has 1 aromatic carbocycles. The Morgan fingerprint density at radius 1 is 1.17 bits per heavy atom. The topological polar surface area (TPSA) is 114 Å². The molecular formula is C27H31BrF3N7O4. The van der Waals surface area contributed by atoms with Crippen LogP contribution in [0.4, 0.5) is 29.3 Å². The highest BCUT2D eigenvalue weighted by atomic mass is 79.9. The number of fused-ring (bicyclic) bond motifs is 3. The molecule has 0 radical (unpaired) electrons. The molecule has 0 spiro atoms. The minimum atomic E-state index is -4.50. The maximum Gasteiger partial charge on any atom is 0.416 e. The van der Waals surface area contributed by atoms with Crippen molar-refractivity contribution in [2.24, 2.45) is 0 Å². The number of benzene rings is 1. The van der Waals surface area contributed by atoms with E-state index in [1.54, 1.807) is 9.47 Å². The van der Waals surface area contributed by atoms with E-state index in [1.165, 1.54) is 13.0 Å². The lowest BCUT2D eigenvalue weighted by atomic mass is 9.87. The monoisotopic (exact) mass is 653 g/mol. The molecule has 11 nitrogen and oxygen atoms in total. The molecule has 2 aromatic heterocycles. The van der Waals surface area contributed by atoms with Crippen LogP contribution in [0.15, 0.2) is 27.7 Å². The van der Waals surface area contributed by atoms with Gasteiger partial charge in [-0.25, -0.2) is 4.79 Å². The van der Waals surface area contributed by atoms with Crippen molar-refractivity contribution < 1.29 is 27.5 Å². The van der Waals surface area contributed by atoms with Gasteiger partial charge in [0.05, 0.1) is 23.3 Å². The second-order valence-corrected chi connectivity index (χ2v) is 12.3. The van der Waals surface area contributed by atoms with Gasteiger partial charge >= 0.3 is 12.3 Å². The van der Waals surface area contributed by atoms with Crippen LogP contribution in [0.25, 0.3) is 5.78 Å². The van der Waals surface area contributed by atoms with Crippen LogP contribution in [0.3, 0.4) is 0 Å². The maximum absolute atomic E-state index is 13.7. The number of nitrogens with one attached hydrogen (secondary N) is 1. The van der Waals surface area contributed by atoms with Crippen LogP contribution in [0.5, 0.6) is 0 Å². The molecule has 3 aromatic rings. The SMILES string of the molecule is CCc1c(N2CC3CC(C2)N3C(=O)OC(C)(C)C)c(=O)n2nc(Br)nc2n1CC(=O)Nc1ccc(C(F)(F)F)cc1C. The van der Waals surface area contributed by atoms with Crippen molar-refractivity contribution in [2.45, 2.75) is 77.9 Å². The molecule has 0 aliphatic carbocycles. The number of piperazine rings is 1. The number of amides is 2. The summed E-state index contributed by atoms with van der Waals surface area (Å²) >= 11 is 3.22. The third-order valence-electron chi connectivity index (χ3n) is 7.38. The highest BCUT2D eigenvalue weighted by molar-refractivity contribution is 9.10. The van der Waals surface area contributed by atoms with Gasteiger partial charge in [0.2, 0.25) is 16.4 Å². The molecule has 1 N–H and O–H groups in total. The highest BCUT2D eigenvalue weighted by Gasteiger charge is 2.49. The fraction of sp³-hybridized carbons (Fsp3) is 0.519. The van der Waals surface area contributed by atoms with Crippen molar-refractivity contribution in [1.29, 1.82) is 0 Å². The number of ether oxygens (including phenoxy) is 1. The molecule has 3 aliphatic rings. The number of nitrogens with zero attached hydrogens (tertiary/aromatic N) is 6. The number of aryl methyl sites for hydroxylation is 1. The summed E-state index contributed by atoms with van der Waals surface area (Å²) in [6, 6.07) is 2.82. The summed E-state index contributed by atoms with van der Waals surface area (Å²) in [5.74, 6) is -0.370. The number of alkyl halides is 3. The predicted molar refractivity (Wildman–Crippen MR) is 152 cm³/mol. The fourth-order valence-electron chi connectivity index (χ4n) is 5.62. The molecule has 2 unspecified atom stereocenters. The van der Waals surface area contributed by atoms with E-state index < -0.39 is 28.8 Å². The Labute approximate surface area is 247 Å². The van der Waals surface area contributed by atoms with E-state index in [1.807, 2.05) is 32.6 Å². The average molecular weight is 654 g/mol. The molecule has 42 heavy (non-hydrogen) atoms. The lowest BCUT2D eigenvalue weighted by Gasteiger charge is -2.56. The highest BCUT2D eigenvalue weighted by Crippen LogP contribution is 2.36. The van der Waals surface area contributed by atoms with Crippen LogP contribution in [-0.4, -0.2) is 66.8 Å². The second kappa shape index (κ2) is 10.6. The van der Waals surface area contributed by atoms with Crippen LogP contribution < -0.4 is 15.8 Å². The number of piperidine rings is 1. The van der Waals surface area contributed by atoms with E-state index in [0.29, 0.717) is 30.9 Å². The summed E-state index contributed by atoms with van der Waals surface area (Å²) in [6.45, 7) is 9.29. The largest absolute Gasteiger partial charge is 0.444 e. The molecule has 3 saturated heterocycles. The van der Waals surface area contributed by atoms with Gasteiger partial charge in [0.15, 0.2) is 0 Å². The van der Waals surface area contributed by atoms with Gasteiger partial charge in [-0.15, -0.1) is 5.10 Å². The maximum atomic E-state index is 13.7. The third-order valence-corrected chi connectivity index (χ3v) is 7.71. The first-order valence-corrected chi connectivity index (χ1v) is 14.3. The second-order valence-electron chi connectivity index (χ2n) is 11.5. The van der Waals surface area contributed by atoms with Gasteiger partial charge in [-0.2, -0.15) is 22.7 Å². The molecule has 0 saturated carbocycles. The van der Waals surface area contributed by atoms with Gasteiger partial charge < -0.3 is 19.5 Å². The molecule has 3 fully saturated rings. The first-order chi connectivity index (χ1) is 19.6. The van der Waals surface area contributed by atoms with Crippen LogP contribution in [-0.2, 0) is 28.7 Å². The lowest BCUT2D eigenvalue weighted by Crippen LogP contribution is -2.71. The molecule has 226 valence electrons.